The Morgan fingerprint density at radius 3 is 2.45 bits per heavy atom. The lowest BCUT2D eigenvalue weighted by Gasteiger charge is -2.34. The molecule has 3 saturated heterocycles. The number of aromatic amines is 2. The topological polar surface area (TPSA) is 193 Å². The van der Waals surface area contributed by atoms with Gasteiger partial charge in [0.1, 0.15) is 36.1 Å². The number of nitrogens with one attached hydrogen (secondary N) is 4. The van der Waals surface area contributed by atoms with Gasteiger partial charge in [0, 0.05) is 36.8 Å². The molecule has 16 heteroatoms. The summed E-state index contributed by atoms with van der Waals surface area (Å²) in [6, 6.07) is 13.0. The Morgan fingerprint density at radius 2 is 1.66 bits per heavy atom. The predicted octanol–water partition coefficient (Wildman–Crippen LogP) is 7.30. The van der Waals surface area contributed by atoms with E-state index in [2.05, 4.69) is 63.1 Å². The van der Waals surface area contributed by atoms with E-state index in [9.17, 15) is 19.2 Å². The average molecular weight is 873 g/mol. The molecule has 2 aromatic heterocycles. The number of hydrogen-bond acceptors (Lipinski definition) is 10. The summed E-state index contributed by atoms with van der Waals surface area (Å²) in [6.45, 7) is 5.95. The predicted molar refractivity (Wildman–Crippen MR) is 237 cm³/mol. The molecule has 4 aliphatic heterocycles. The Hall–Kier alpha value is -6.16. The van der Waals surface area contributed by atoms with Crippen LogP contribution in [0.15, 0.2) is 48.7 Å². The third kappa shape index (κ3) is 7.48. The molecule has 4 amide bonds. The summed E-state index contributed by atoms with van der Waals surface area (Å²) in [5, 5.41) is 7.61. The number of H-pyrrole nitrogens is 2. The maximum absolute atomic E-state index is 14.3. The summed E-state index contributed by atoms with van der Waals surface area (Å²) in [7, 11) is 2.62. The van der Waals surface area contributed by atoms with E-state index in [1.165, 1.54) is 14.2 Å². The van der Waals surface area contributed by atoms with Crippen molar-refractivity contribution in [2.45, 2.75) is 102 Å². The first-order valence-electron chi connectivity index (χ1n) is 22.8. The zero-order valence-corrected chi connectivity index (χ0v) is 36.8. The molecule has 5 aromatic rings. The fraction of sp³-hybridized carbons (Fsp3) is 0.500. The van der Waals surface area contributed by atoms with Crippen molar-refractivity contribution in [2.75, 3.05) is 34.0 Å². The Morgan fingerprint density at radius 1 is 0.844 bits per heavy atom. The third-order valence-corrected chi connectivity index (χ3v) is 14.4. The minimum atomic E-state index is -0.709. The minimum Gasteiger partial charge on any atom is -0.488 e. The van der Waals surface area contributed by atoms with Crippen LogP contribution in [0.4, 0.5) is 9.59 Å². The third-order valence-electron chi connectivity index (χ3n) is 14.4. The molecule has 1 saturated carbocycles. The summed E-state index contributed by atoms with van der Waals surface area (Å²) in [5.41, 5.74) is 6.66. The highest BCUT2D eigenvalue weighted by atomic mass is 16.5. The molecule has 16 nitrogen and oxygen atoms in total. The van der Waals surface area contributed by atoms with Gasteiger partial charge in [-0.1, -0.05) is 38.5 Å². The van der Waals surface area contributed by atoms with Crippen LogP contribution in [0.25, 0.3) is 44.2 Å². The van der Waals surface area contributed by atoms with Crippen LogP contribution in [0.2, 0.25) is 0 Å². The van der Waals surface area contributed by atoms with Crippen molar-refractivity contribution in [1.29, 1.82) is 0 Å². The summed E-state index contributed by atoms with van der Waals surface area (Å²) >= 11 is 0. The van der Waals surface area contributed by atoms with E-state index in [1.54, 1.807) is 0 Å². The number of hydrogen-bond donors (Lipinski definition) is 4. The van der Waals surface area contributed by atoms with Gasteiger partial charge in [0.05, 0.1) is 49.2 Å². The largest absolute Gasteiger partial charge is 0.488 e. The standard InChI is InChI=1S/C48H56N8O8/c1-25(2)40(53-47(59)61-3)46(58)56-36-8-5-7-29(36)21-38(56)44-50-34-13-11-27-20-33-31-12-10-28(19-30(31)24-64-39(33)22-32(27)42(34)52-44)35-23-49-43(51-35)37-9-6-16-55(37)45(57)41(54-48(60)62-4)26-14-17-63-18-15-26/h10-13,19-20,22-23,25-26,29,36-38,40-41H,5-9,14-18,21,24H2,1-4H3,(H,49,51)(H,50,52)(H,53,59)(H,54,60). The van der Waals surface area contributed by atoms with E-state index in [1.807, 2.05) is 29.8 Å². The molecular weight excluding hydrogens is 817 g/mol. The van der Waals surface area contributed by atoms with Gasteiger partial charge in [-0.05, 0) is 109 Å². The van der Waals surface area contributed by atoms with Gasteiger partial charge in [0.2, 0.25) is 11.8 Å². The van der Waals surface area contributed by atoms with Crippen LogP contribution in [-0.4, -0.2) is 106 Å². The summed E-state index contributed by atoms with van der Waals surface area (Å²) in [6.07, 6.45) is 7.46. The highest BCUT2D eigenvalue weighted by molar-refractivity contribution is 6.07. The normalized spacial score (nSPS) is 22.8. The van der Waals surface area contributed by atoms with E-state index in [4.69, 9.17) is 28.9 Å². The number of aromatic nitrogens is 4. The molecule has 10 rings (SSSR count). The van der Waals surface area contributed by atoms with Gasteiger partial charge in [-0.3, -0.25) is 9.59 Å². The number of ether oxygens (including phenoxy) is 4. The first-order valence-corrected chi connectivity index (χ1v) is 22.8. The lowest BCUT2D eigenvalue weighted by Crippen LogP contribution is -2.53. The Labute approximate surface area is 371 Å². The highest BCUT2D eigenvalue weighted by Gasteiger charge is 2.49. The van der Waals surface area contributed by atoms with Crippen LogP contribution in [0.1, 0.15) is 94.5 Å². The summed E-state index contributed by atoms with van der Waals surface area (Å²) in [5.74, 6) is 2.25. The van der Waals surface area contributed by atoms with Gasteiger partial charge >= 0.3 is 12.2 Å². The van der Waals surface area contributed by atoms with Gasteiger partial charge < -0.3 is 49.3 Å². The summed E-state index contributed by atoms with van der Waals surface area (Å²) < 4.78 is 21.8. The van der Waals surface area contributed by atoms with E-state index in [0.717, 1.165) is 99.9 Å². The van der Waals surface area contributed by atoms with E-state index in [0.29, 0.717) is 50.9 Å². The Bertz CT molecular complexity index is 2620. The van der Waals surface area contributed by atoms with Crippen molar-refractivity contribution >= 4 is 45.8 Å². The second-order valence-corrected chi connectivity index (χ2v) is 18.4. The number of carbonyl (C=O) groups excluding carboxylic acids is 4. The van der Waals surface area contributed by atoms with Gasteiger partial charge in [0.15, 0.2) is 0 Å². The lowest BCUT2D eigenvalue weighted by atomic mass is 9.90. The fourth-order valence-electron chi connectivity index (χ4n) is 11.1. The van der Waals surface area contributed by atoms with Crippen molar-refractivity contribution in [3.8, 4) is 28.1 Å². The van der Waals surface area contributed by atoms with Gasteiger partial charge in [-0.2, -0.15) is 0 Å². The SMILES string of the molecule is COC(=O)NC(C(=O)N1C(c2nc3c(ccc4cc5c(cc43)OCc3cc(-c4cnc(C6CCCN6C(=O)C(NC(=O)OC)C6CCOCC6)[nH]4)ccc3-5)[nH]2)CC2CCCC21)C(C)C. The lowest BCUT2D eigenvalue weighted by molar-refractivity contribution is -0.138. The number of rotatable bonds is 9. The zero-order valence-electron chi connectivity index (χ0n) is 36.8. The maximum Gasteiger partial charge on any atom is 0.407 e. The number of amides is 4. The van der Waals surface area contributed by atoms with E-state index >= 15 is 0 Å². The van der Waals surface area contributed by atoms with Crippen molar-refractivity contribution in [2.24, 2.45) is 17.8 Å². The number of imidazole rings is 2. The number of benzene rings is 3. The number of fused-ring (bicyclic) bond motifs is 7. The number of nitrogens with zero attached hydrogens (tertiary/aromatic N) is 4. The van der Waals surface area contributed by atoms with Crippen LogP contribution in [-0.2, 0) is 30.4 Å². The van der Waals surface area contributed by atoms with Crippen LogP contribution in [0.5, 0.6) is 5.75 Å². The average Bonchev–Trinajstić information content (AvgIpc) is 4.17. The molecule has 4 fully saturated rings. The molecule has 4 N–H and O–H groups in total. The first kappa shape index (κ1) is 41.8. The van der Waals surface area contributed by atoms with Gasteiger partial charge in [-0.15, -0.1) is 0 Å². The van der Waals surface area contributed by atoms with Crippen LogP contribution in [0, 0.1) is 17.8 Å². The Kier molecular flexibility index (Phi) is 11.2. The number of alkyl carbamates (subject to hydrolysis) is 2. The molecule has 336 valence electrons. The zero-order chi connectivity index (χ0) is 44.2. The van der Waals surface area contributed by atoms with Crippen LogP contribution >= 0.6 is 0 Å². The molecule has 3 aromatic carbocycles. The molecule has 0 spiro atoms. The van der Waals surface area contributed by atoms with Gasteiger partial charge in [-0.25, -0.2) is 19.6 Å². The maximum atomic E-state index is 14.3. The quantitative estimate of drug-likeness (QED) is 0.117. The fourth-order valence-corrected chi connectivity index (χ4v) is 11.1. The Balaban J connectivity index is 0.899. The number of carbonyl (C=O) groups is 4. The molecule has 64 heavy (non-hydrogen) atoms. The second kappa shape index (κ2) is 17.1. The van der Waals surface area contributed by atoms with Crippen LogP contribution < -0.4 is 15.4 Å². The molecule has 6 atom stereocenters. The molecule has 0 bridgehead atoms. The molecule has 5 aliphatic rings. The first-order chi connectivity index (χ1) is 31.1. The summed E-state index contributed by atoms with van der Waals surface area (Å²) in [4.78, 5) is 74.0. The van der Waals surface area contributed by atoms with Crippen molar-refractivity contribution in [3.63, 3.8) is 0 Å². The molecule has 1 aliphatic carbocycles. The minimum absolute atomic E-state index is 0.0389. The number of methoxy groups -OCH3 is 2. The highest BCUT2D eigenvalue weighted by Crippen LogP contribution is 2.49. The second-order valence-electron chi connectivity index (χ2n) is 18.4. The molecule has 6 heterocycles. The molecular formula is C48H56N8O8. The molecule has 0 radical (unpaired) electrons. The van der Waals surface area contributed by atoms with Crippen molar-refractivity contribution in [3.05, 3.63) is 65.9 Å². The monoisotopic (exact) mass is 872 g/mol. The van der Waals surface area contributed by atoms with E-state index in [-0.39, 0.29) is 41.8 Å². The molecule has 6 unspecified atom stereocenters. The number of likely N-dealkylation sites (tertiary alicyclic amines) is 2. The smallest absolute Gasteiger partial charge is 0.407 e. The van der Waals surface area contributed by atoms with Gasteiger partial charge in [0.25, 0.3) is 0 Å². The van der Waals surface area contributed by atoms with E-state index < -0.39 is 24.3 Å². The van der Waals surface area contributed by atoms with Crippen molar-refractivity contribution < 1.29 is 38.1 Å². The van der Waals surface area contributed by atoms with Crippen molar-refractivity contribution in [1.82, 2.24) is 40.4 Å². The van der Waals surface area contributed by atoms with Crippen LogP contribution in [0.3, 0.4) is 0 Å².